The number of imidazole rings is 1. The number of aromatic carboxylic acids is 1. The highest BCUT2D eigenvalue weighted by atomic mass is 35.5. The Hall–Kier alpha value is -2.40. The van der Waals surface area contributed by atoms with Crippen molar-refractivity contribution in [1.82, 2.24) is 9.97 Å². The summed E-state index contributed by atoms with van der Waals surface area (Å²) in [6.45, 7) is 0. The van der Waals surface area contributed by atoms with Gasteiger partial charge in [-0.1, -0.05) is 29.8 Å². The van der Waals surface area contributed by atoms with Gasteiger partial charge in [-0.25, -0.2) is 14.2 Å². The van der Waals surface area contributed by atoms with Gasteiger partial charge in [0.25, 0.3) is 0 Å². The van der Waals surface area contributed by atoms with Crippen LogP contribution < -0.4 is 0 Å². The average Bonchev–Trinajstić information content (AvgIpc) is 2.82. The van der Waals surface area contributed by atoms with Gasteiger partial charge in [0.15, 0.2) is 0 Å². The number of carbonyl (C=O) groups is 1. The van der Waals surface area contributed by atoms with E-state index in [0.29, 0.717) is 22.8 Å². The summed E-state index contributed by atoms with van der Waals surface area (Å²) in [5, 5.41) is 9.71. The van der Waals surface area contributed by atoms with E-state index in [2.05, 4.69) is 9.97 Å². The Morgan fingerprint density at radius 1 is 1.33 bits per heavy atom. The summed E-state index contributed by atoms with van der Waals surface area (Å²) >= 11 is 6.08. The minimum absolute atomic E-state index is 0.161. The van der Waals surface area contributed by atoms with Gasteiger partial charge in [0, 0.05) is 11.4 Å². The molecule has 0 aliphatic rings. The number of hydrogen-bond acceptors (Lipinski definition) is 2. The normalized spacial score (nSPS) is 11.0. The lowest BCUT2D eigenvalue weighted by molar-refractivity contribution is 0.0698. The molecule has 6 heteroatoms. The van der Waals surface area contributed by atoms with Crippen molar-refractivity contribution in [3.8, 4) is 0 Å². The summed E-state index contributed by atoms with van der Waals surface area (Å²) in [5.74, 6) is -1.30. The zero-order valence-corrected chi connectivity index (χ0v) is 11.5. The predicted octanol–water partition coefficient (Wildman–Crippen LogP) is 3.64. The van der Waals surface area contributed by atoms with Gasteiger partial charge in [0.2, 0.25) is 0 Å². The number of H-pyrrole nitrogens is 1. The lowest BCUT2D eigenvalue weighted by Crippen LogP contribution is -1.98. The molecule has 0 spiro atoms. The monoisotopic (exact) mass is 304 g/mol. The quantitative estimate of drug-likeness (QED) is 0.776. The molecule has 0 fully saturated rings. The summed E-state index contributed by atoms with van der Waals surface area (Å²) in [6.07, 6.45) is 0.412. The largest absolute Gasteiger partial charge is 0.478 e. The molecular weight excluding hydrogens is 295 g/mol. The standard InChI is InChI=1S/C15H10ClFN2O2/c16-11-4-2-1-3-8(11)5-13-18-12-7-9(17)6-10(15(20)21)14(12)19-13/h1-4,6-7H,5H2,(H,18,19)(H,20,21). The average molecular weight is 305 g/mol. The number of benzene rings is 2. The van der Waals surface area contributed by atoms with Crippen LogP contribution in [0.3, 0.4) is 0 Å². The molecule has 2 aromatic carbocycles. The van der Waals surface area contributed by atoms with Crippen LogP contribution in [-0.4, -0.2) is 21.0 Å². The smallest absolute Gasteiger partial charge is 0.338 e. The maximum atomic E-state index is 13.4. The van der Waals surface area contributed by atoms with Crippen LogP contribution in [0.2, 0.25) is 5.02 Å². The minimum Gasteiger partial charge on any atom is -0.478 e. The molecule has 0 aliphatic carbocycles. The first-order chi connectivity index (χ1) is 10.0. The van der Waals surface area contributed by atoms with Crippen LogP contribution in [0.1, 0.15) is 21.7 Å². The second kappa shape index (κ2) is 5.18. The van der Waals surface area contributed by atoms with Gasteiger partial charge in [0.05, 0.1) is 11.1 Å². The molecule has 2 N–H and O–H groups in total. The number of aromatic amines is 1. The summed E-state index contributed by atoms with van der Waals surface area (Å²) < 4.78 is 13.4. The number of fused-ring (bicyclic) bond motifs is 1. The molecule has 21 heavy (non-hydrogen) atoms. The van der Waals surface area contributed by atoms with Crippen molar-refractivity contribution < 1.29 is 14.3 Å². The van der Waals surface area contributed by atoms with Gasteiger partial charge in [-0.2, -0.15) is 0 Å². The molecule has 3 aromatic rings. The van der Waals surface area contributed by atoms with E-state index in [1.807, 2.05) is 18.2 Å². The van der Waals surface area contributed by atoms with Crippen molar-refractivity contribution >= 4 is 28.6 Å². The molecule has 4 nitrogen and oxygen atoms in total. The van der Waals surface area contributed by atoms with Gasteiger partial charge in [-0.05, 0) is 23.8 Å². The maximum Gasteiger partial charge on any atom is 0.338 e. The van der Waals surface area contributed by atoms with Crippen LogP contribution in [0.5, 0.6) is 0 Å². The van der Waals surface area contributed by atoms with Gasteiger partial charge >= 0.3 is 5.97 Å². The maximum absolute atomic E-state index is 13.4. The molecule has 0 bridgehead atoms. The predicted molar refractivity (Wildman–Crippen MR) is 77.3 cm³/mol. The SMILES string of the molecule is O=C(O)c1cc(F)cc2[nH]c(Cc3ccccc3Cl)nc12. The highest BCUT2D eigenvalue weighted by Gasteiger charge is 2.15. The van der Waals surface area contributed by atoms with E-state index in [4.69, 9.17) is 16.7 Å². The van der Waals surface area contributed by atoms with E-state index in [9.17, 15) is 9.18 Å². The van der Waals surface area contributed by atoms with Crippen molar-refractivity contribution in [1.29, 1.82) is 0 Å². The zero-order chi connectivity index (χ0) is 15.0. The van der Waals surface area contributed by atoms with E-state index < -0.39 is 11.8 Å². The Bertz CT molecular complexity index is 845. The van der Waals surface area contributed by atoms with Crippen LogP contribution in [0, 0.1) is 5.82 Å². The topological polar surface area (TPSA) is 66.0 Å². The van der Waals surface area contributed by atoms with E-state index in [0.717, 1.165) is 11.6 Å². The Kier molecular flexibility index (Phi) is 3.35. The van der Waals surface area contributed by atoms with Crippen molar-refractivity contribution in [2.75, 3.05) is 0 Å². The fourth-order valence-corrected chi connectivity index (χ4v) is 2.40. The molecule has 0 saturated heterocycles. The van der Waals surface area contributed by atoms with Crippen LogP contribution in [-0.2, 0) is 6.42 Å². The Labute approximate surface area is 124 Å². The van der Waals surface area contributed by atoms with Crippen molar-refractivity contribution in [2.24, 2.45) is 0 Å². The first kappa shape index (κ1) is 13.6. The Morgan fingerprint density at radius 2 is 2.10 bits per heavy atom. The molecule has 0 amide bonds. The fraction of sp³-hybridized carbons (Fsp3) is 0.0667. The summed E-state index contributed by atoms with van der Waals surface area (Å²) in [4.78, 5) is 18.3. The van der Waals surface area contributed by atoms with Gasteiger partial charge < -0.3 is 10.1 Å². The first-order valence-corrected chi connectivity index (χ1v) is 6.57. The van der Waals surface area contributed by atoms with E-state index >= 15 is 0 Å². The molecule has 106 valence electrons. The first-order valence-electron chi connectivity index (χ1n) is 6.19. The van der Waals surface area contributed by atoms with Crippen molar-refractivity contribution in [3.63, 3.8) is 0 Å². The van der Waals surface area contributed by atoms with Gasteiger partial charge in [0.1, 0.15) is 17.2 Å². The molecule has 1 heterocycles. The summed E-state index contributed by atoms with van der Waals surface area (Å²) in [5.41, 5.74) is 1.29. The minimum atomic E-state index is -1.21. The zero-order valence-electron chi connectivity index (χ0n) is 10.7. The van der Waals surface area contributed by atoms with Crippen LogP contribution in [0.25, 0.3) is 11.0 Å². The molecule has 0 unspecified atom stereocenters. The summed E-state index contributed by atoms with van der Waals surface area (Å²) in [7, 11) is 0. The molecule has 0 radical (unpaired) electrons. The highest BCUT2D eigenvalue weighted by molar-refractivity contribution is 6.31. The van der Waals surface area contributed by atoms with Crippen LogP contribution >= 0.6 is 11.6 Å². The van der Waals surface area contributed by atoms with E-state index in [1.54, 1.807) is 6.07 Å². The molecule has 3 rings (SSSR count). The fourth-order valence-electron chi connectivity index (χ4n) is 2.20. The number of aromatic nitrogens is 2. The molecule has 0 aliphatic heterocycles. The third-order valence-corrected chi connectivity index (χ3v) is 3.52. The highest BCUT2D eigenvalue weighted by Crippen LogP contribution is 2.22. The molecule has 1 aromatic heterocycles. The third-order valence-electron chi connectivity index (χ3n) is 3.15. The van der Waals surface area contributed by atoms with Gasteiger partial charge in [-0.3, -0.25) is 0 Å². The van der Waals surface area contributed by atoms with Crippen molar-refractivity contribution in [3.05, 3.63) is 64.2 Å². The number of nitrogens with zero attached hydrogens (tertiary/aromatic N) is 1. The molecule has 0 saturated carbocycles. The number of carboxylic acid groups (broad SMARTS) is 1. The number of carboxylic acids is 1. The van der Waals surface area contributed by atoms with Crippen molar-refractivity contribution in [2.45, 2.75) is 6.42 Å². The van der Waals surface area contributed by atoms with Crippen LogP contribution in [0.15, 0.2) is 36.4 Å². The van der Waals surface area contributed by atoms with E-state index in [-0.39, 0.29) is 11.1 Å². The Morgan fingerprint density at radius 3 is 2.81 bits per heavy atom. The third kappa shape index (κ3) is 2.60. The number of nitrogens with one attached hydrogen (secondary N) is 1. The Balaban J connectivity index is 2.07. The molecular formula is C15H10ClFN2O2. The molecule has 0 atom stereocenters. The van der Waals surface area contributed by atoms with E-state index in [1.165, 1.54) is 6.07 Å². The second-order valence-corrected chi connectivity index (χ2v) is 5.01. The lowest BCUT2D eigenvalue weighted by Gasteiger charge is -2.00. The second-order valence-electron chi connectivity index (χ2n) is 4.61. The number of halogens is 2. The number of rotatable bonds is 3. The summed E-state index contributed by atoms with van der Waals surface area (Å²) in [6, 6.07) is 9.49. The lowest BCUT2D eigenvalue weighted by atomic mass is 10.1. The number of hydrogen-bond donors (Lipinski definition) is 2. The van der Waals surface area contributed by atoms with Crippen LogP contribution in [0.4, 0.5) is 4.39 Å². The van der Waals surface area contributed by atoms with Gasteiger partial charge in [-0.15, -0.1) is 0 Å².